The van der Waals surface area contributed by atoms with Gasteiger partial charge in [-0.15, -0.1) is 0 Å². The quantitative estimate of drug-likeness (QED) is 0.439. The largest absolute Gasteiger partial charge is 0.468 e. The van der Waals surface area contributed by atoms with Crippen LogP contribution in [-0.2, 0) is 20.9 Å². The summed E-state index contributed by atoms with van der Waals surface area (Å²) >= 11 is 0. The molecule has 0 aliphatic carbocycles. The zero-order chi connectivity index (χ0) is 11.6. The summed E-state index contributed by atoms with van der Waals surface area (Å²) in [5, 5.41) is 0. The summed E-state index contributed by atoms with van der Waals surface area (Å²) in [7, 11) is 1.34. The molecule has 0 bridgehead atoms. The molecular weight excluding hydrogens is 204 g/mol. The minimum absolute atomic E-state index is 0.116. The normalized spacial score (nSPS) is 9.06. The molecule has 1 aromatic rings. The highest BCUT2D eigenvalue weighted by Crippen LogP contribution is 1.99. The Morgan fingerprint density at radius 3 is 2.69 bits per heavy atom. The number of rotatable bonds is 4. The van der Waals surface area contributed by atoms with Gasteiger partial charge in [0.15, 0.2) is 0 Å². The van der Waals surface area contributed by atoms with Gasteiger partial charge in [0.1, 0.15) is 13.0 Å². The maximum absolute atomic E-state index is 10.7. The van der Waals surface area contributed by atoms with E-state index >= 15 is 0 Å². The summed E-state index contributed by atoms with van der Waals surface area (Å²) in [5.74, 6) is 5.10. The molecule has 0 aliphatic heterocycles. The first kappa shape index (κ1) is 12.3. The lowest BCUT2D eigenvalue weighted by Crippen LogP contribution is -1.98. The van der Waals surface area contributed by atoms with Crippen LogP contribution in [0.2, 0.25) is 0 Å². The predicted octanol–water partition coefficient (Wildman–Crippen LogP) is 1.77. The van der Waals surface area contributed by atoms with E-state index in [2.05, 4.69) is 16.6 Å². The van der Waals surface area contributed by atoms with Gasteiger partial charge in [-0.25, -0.2) is 0 Å². The minimum atomic E-state index is -0.324. The smallest absolute Gasteiger partial charge is 0.317 e. The molecule has 0 amide bonds. The second-order valence-electron chi connectivity index (χ2n) is 3.08. The molecule has 0 spiro atoms. The van der Waals surface area contributed by atoms with Crippen molar-refractivity contribution in [3.05, 3.63) is 35.9 Å². The fourth-order valence-electron chi connectivity index (χ4n) is 1.05. The summed E-state index contributed by atoms with van der Waals surface area (Å²) in [4.78, 5) is 10.7. The standard InChI is InChI=1S/C13H14O3/c1-15-13(14)9-5-6-10-16-11-12-7-3-2-4-8-12/h2-4,7-8H,9-11H2,1H3. The highest BCUT2D eigenvalue weighted by atomic mass is 16.5. The van der Waals surface area contributed by atoms with E-state index in [0.29, 0.717) is 13.2 Å². The van der Waals surface area contributed by atoms with Crippen molar-refractivity contribution in [2.75, 3.05) is 13.7 Å². The molecule has 0 radical (unpaired) electrons. The predicted molar refractivity (Wildman–Crippen MR) is 60.5 cm³/mol. The maximum atomic E-state index is 10.7. The van der Waals surface area contributed by atoms with E-state index in [1.54, 1.807) is 0 Å². The van der Waals surface area contributed by atoms with Crippen LogP contribution in [0.15, 0.2) is 30.3 Å². The van der Waals surface area contributed by atoms with E-state index < -0.39 is 0 Å². The Balaban J connectivity index is 2.15. The Morgan fingerprint density at radius 2 is 2.00 bits per heavy atom. The van der Waals surface area contributed by atoms with Crippen molar-refractivity contribution in [3.8, 4) is 11.8 Å². The van der Waals surface area contributed by atoms with Crippen molar-refractivity contribution in [3.63, 3.8) is 0 Å². The summed E-state index contributed by atoms with van der Waals surface area (Å²) in [6, 6.07) is 9.85. The first-order chi connectivity index (χ1) is 7.83. The minimum Gasteiger partial charge on any atom is -0.468 e. The third kappa shape index (κ3) is 5.18. The van der Waals surface area contributed by atoms with Crippen LogP contribution in [-0.4, -0.2) is 19.7 Å². The Labute approximate surface area is 95.4 Å². The third-order valence-corrected chi connectivity index (χ3v) is 1.87. The number of benzene rings is 1. The molecule has 84 valence electrons. The molecule has 0 heterocycles. The van der Waals surface area contributed by atoms with Gasteiger partial charge < -0.3 is 9.47 Å². The molecule has 3 heteroatoms. The van der Waals surface area contributed by atoms with Crippen LogP contribution in [0.4, 0.5) is 0 Å². The van der Waals surface area contributed by atoms with Crippen LogP contribution < -0.4 is 0 Å². The molecule has 0 atom stereocenters. The zero-order valence-corrected chi connectivity index (χ0v) is 9.23. The van der Waals surface area contributed by atoms with E-state index in [4.69, 9.17) is 4.74 Å². The first-order valence-corrected chi connectivity index (χ1v) is 4.97. The molecule has 3 nitrogen and oxygen atoms in total. The maximum Gasteiger partial charge on any atom is 0.317 e. The molecule has 1 rings (SSSR count). The van der Waals surface area contributed by atoms with E-state index in [-0.39, 0.29) is 12.4 Å². The molecule has 0 N–H and O–H groups in total. The van der Waals surface area contributed by atoms with Crippen LogP contribution >= 0.6 is 0 Å². The molecule has 1 aromatic carbocycles. The molecule has 0 unspecified atom stereocenters. The average molecular weight is 218 g/mol. The number of hydrogen-bond acceptors (Lipinski definition) is 3. The molecule has 0 aliphatic rings. The van der Waals surface area contributed by atoms with Gasteiger partial charge >= 0.3 is 5.97 Å². The number of methoxy groups -OCH3 is 1. The SMILES string of the molecule is COC(=O)CC#CCOCc1ccccc1. The number of carbonyl (C=O) groups is 1. The fraction of sp³-hybridized carbons (Fsp3) is 0.308. The van der Waals surface area contributed by atoms with Crippen LogP contribution in [0, 0.1) is 11.8 Å². The topological polar surface area (TPSA) is 35.5 Å². The Morgan fingerprint density at radius 1 is 1.25 bits per heavy atom. The van der Waals surface area contributed by atoms with Crippen molar-refractivity contribution in [2.24, 2.45) is 0 Å². The number of esters is 1. The van der Waals surface area contributed by atoms with E-state index in [0.717, 1.165) is 5.56 Å². The van der Waals surface area contributed by atoms with Crippen molar-refractivity contribution in [1.29, 1.82) is 0 Å². The first-order valence-electron chi connectivity index (χ1n) is 4.97. The van der Waals surface area contributed by atoms with Crippen molar-refractivity contribution >= 4 is 5.97 Å². The van der Waals surface area contributed by atoms with Crippen LogP contribution in [0.3, 0.4) is 0 Å². The van der Waals surface area contributed by atoms with E-state index in [1.165, 1.54) is 7.11 Å². The summed E-state index contributed by atoms with van der Waals surface area (Å²) in [6.45, 7) is 0.861. The monoisotopic (exact) mass is 218 g/mol. The fourth-order valence-corrected chi connectivity index (χ4v) is 1.05. The van der Waals surface area contributed by atoms with Gasteiger partial charge in [0.05, 0.1) is 13.7 Å². The molecule has 16 heavy (non-hydrogen) atoms. The Hall–Kier alpha value is -1.79. The van der Waals surface area contributed by atoms with Crippen molar-refractivity contribution in [2.45, 2.75) is 13.0 Å². The molecule has 0 saturated carbocycles. The van der Waals surface area contributed by atoms with E-state index in [9.17, 15) is 4.79 Å². The van der Waals surface area contributed by atoms with Crippen molar-refractivity contribution < 1.29 is 14.3 Å². The Kier molecular flexibility index (Phi) is 5.75. The highest BCUT2D eigenvalue weighted by molar-refractivity contribution is 5.72. The molecular formula is C13H14O3. The summed E-state index contributed by atoms with van der Waals surface area (Å²) in [5.41, 5.74) is 1.11. The third-order valence-electron chi connectivity index (χ3n) is 1.87. The number of hydrogen-bond donors (Lipinski definition) is 0. The van der Waals surface area contributed by atoms with Gasteiger partial charge in [0.2, 0.25) is 0 Å². The second-order valence-corrected chi connectivity index (χ2v) is 3.08. The van der Waals surface area contributed by atoms with E-state index in [1.807, 2.05) is 30.3 Å². The van der Waals surface area contributed by atoms with Crippen LogP contribution in [0.25, 0.3) is 0 Å². The second kappa shape index (κ2) is 7.49. The zero-order valence-electron chi connectivity index (χ0n) is 9.23. The van der Waals surface area contributed by atoms with Gasteiger partial charge in [-0.2, -0.15) is 0 Å². The summed E-state index contributed by atoms with van der Waals surface area (Å²) in [6.07, 6.45) is 0.116. The van der Waals surface area contributed by atoms with Crippen molar-refractivity contribution in [1.82, 2.24) is 0 Å². The molecule has 0 aromatic heterocycles. The van der Waals surface area contributed by atoms with Gasteiger partial charge in [-0.3, -0.25) is 4.79 Å². The Bertz CT molecular complexity index is 373. The summed E-state index contributed by atoms with van der Waals surface area (Å²) < 4.78 is 9.75. The lowest BCUT2D eigenvalue weighted by molar-refractivity contribution is -0.139. The van der Waals surface area contributed by atoms with Gasteiger partial charge in [0.25, 0.3) is 0 Å². The molecule has 0 saturated heterocycles. The number of ether oxygens (including phenoxy) is 2. The molecule has 0 fully saturated rings. The van der Waals surface area contributed by atoms with Gasteiger partial charge in [-0.1, -0.05) is 42.2 Å². The van der Waals surface area contributed by atoms with Crippen LogP contribution in [0.5, 0.6) is 0 Å². The lowest BCUT2D eigenvalue weighted by Gasteiger charge is -1.99. The van der Waals surface area contributed by atoms with Gasteiger partial charge in [0, 0.05) is 0 Å². The van der Waals surface area contributed by atoms with Gasteiger partial charge in [-0.05, 0) is 5.56 Å². The van der Waals surface area contributed by atoms with Crippen LogP contribution in [0.1, 0.15) is 12.0 Å². The highest BCUT2D eigenvalue weighted by Gasteiger charge is 1.93. The average Bonchev–Trinajstić information content (AvgIpc) is 2.34. The number of carbonyl (C=O) groups excluding carboxylic acids is 1. The lowest BCUT2D eigenvalue weighted by atomic mass is 10.2.